The zero-order valence-corrected chi connectivity index (χ0v) is 10.3. The molecular formula is C13H16N4O. The van der Waals surface area contributed by atoms with Gasteiger partial charge >= 0.3 is 0 Å². The van der Waals surface area contributed by atoms with Gasteiger partial charge < -0.3 is 11.1 Å². The SMILES string of the molecule is CCC[C@H](N)C(=O)Nc1ccc2nccnc2c1. The third-order valence-electron chi connectivity index (χ3n) is 2.67. The molecule has 1 heterocycles. The molecule has 94 valence electrons. The van der Waals surface area contributed by atoms with E-state index in [0.717, 1.165) is 17.5 Å². The van der Waals surface area contributed by atoms with Crippen LogP contribution >= 0.6 is 0 Å². The summed E-state index contributed by atoms with van der Waals surface area (Å²) in [6.45, 7) is 2.00. The molecule has 0 aliphatic carbocycles. The minimum Gasteiger partial charge on any atom is -0.325 e. The van der Waals surface area contributed by atoms with E-state index in [1.807, 2.05) is 13.0 Å². The topological polar surface area (TPSA) is 80.9 Å². The zero-order valence-electron chi connectivity index (χ0n) is 10.3. The van der Waals surface area contributed by atoms with Gasteiger partial charge in [0.15, 0.2) is 0 Å². The van der Waals surface area contributed by atoms with Crippen molar-refractivity contribution in [2.24, 2.45) is 5.73 Å². The molecule has 1 atom stereocenters. The van der Waals surface area contributed by atoms with Crippen molar-refractivity contribution in [3.8, 4) is 0 Å². The Hall–Kier alpha value is -2.01. The largest absolute Gasteiger partial charge is 0.325 e. The molecule has 0 aliphatic heterocycles. The number of rotatable bonds is 4. The second-order valence-electron chi connectivity index (χ2n) is 4.14. The average molecular weight is 244 g/mol. The molecule has 0 aliphatic rings. The zero-order chi connectivity index (χ0) is 13.0. The normalized spacial score (nSPS) is 12.3. The number of benzene rings is 1. The van der Waals surface area contributed by atoms with Crippen LogP contribution in [-0.4, -0.2) is 21.9 Å². The highest BCUT2D eigenvalue weighted by atomic mass is 16.2. The molecule has 1 aromatic carbocycles. The van der Waals surface area contributed by atoms with E-state index in [1.54, 1.807) is 24.5 Å². The van der Waals surface area contributed by atoms with Gasteiger partial charge in [-0.15, -0.1) is 0 Å². The monoisotopic (exact) mass is 244 g/mol. The molecule has 2 aromatic rings. The first kappa shape index (κ1) is 12.4. The van der Waals surface area contributed by atoms with Gasteiger partial charge in [0.1, 0.15) is 0 Å². The summed E-state index contributed by atoms with van der Waals surface area (Å²) in [6, 6.07) is 4.95. The van der Waals surface area contributed by atoms with Gasteiger partial charge in [-0.25, -0.2) is 0 Å². The molecule has 0 bridgehead atoms. The lowest BCUT2D eigenvalue weighted by Gasteiger charge is -2.11. The molecule has 1 aromatic heterocycles. The van der Waals surface area contributed by atoms with Crippen LogP contribution in [0.4, 0.5) is 5.69 Å². The first-order chi connectivity index (χ1) is 8.70. The molecule has 1 amide bonds. The molecule has 5 nitrogen and oxygen atoms in total. The Morgan fingerprint density at radius 2 is 2.06 bits per heavy atom. The Bertz CT molecular complexity index is 555. The molecule has 0 saturated carbocycles. The van der Waals surface area contributed by atoms with Gasteiger partial charge in [-0.2, -0.15) is 0 Å². The number of nitrogens with one attached hydrogen (secondary N) is 1. The summed E-state index contributed by atoms with van der Waals surface area (Å²) in [4.78, 5) is 20.1. The number of aromatic nitrogens is 2. The Kier molecular flexibility index (Phi) is 3.84. The molecule has 0 spiro atoms. The van der Waals surface area contributed by atoms with Crippen LogP contribution < -0.4 is 11.1 Å². The number of anilines is 1. The van der Waals surface area contributed by atoms with Crippen LogP contribution in [0.25, 0.3) is 11.0 Å². The number of nitrogens with zero attached hydrogens (tertiary/aromatic N) is 2. The van der Waals surface area contributed by atoms with Gasteiger partial charge in [0.05, 0.1) is 17.1 Å². The van der Waals surface area contributed by atoms with E-state index in [4.69, 9.17) is 5.73 Å². The lowest BCUT2D eigenvalue weighted by Crippen LogP contribution is -2.35. The summed E-state index contributed by atoms with van der Waals surface area (Å²) < 4.78 is 0. The molecule has 0 radical (unpaired) electrons. The molecule has 18 heavy (non-hydrogen) atoms. The number of carbonyl (C=O) groups is 1. The summed E-state index contributed by atoms with van der Waals surface area (Å²) in [5, 5.41) is 2.79. The van der Waals surface area contributed by atoms with Crippen molar-refractivity contribution in [3.05, 3.63) is 30.6 Å². The van der Waals surface area contributed by atoms with Crippen LogP contribution in [0.3, 0.4) is 0 Å². The van der Waals surface area contributed by atoms with Gasteiger partial charge in [0.25, 0.3) is 0 Å². The summed E-state index contributed by atoms with van der Waals surface area (Å²) >= 11 is 0. The summed E-state index contributed by atoms with van der Waals surface area (Å²) in [5.74, 6) is -0.167. The van der Waals surface area contributed by atoms with E-state index >= 15 is 0 Å². The van der Waals surface area contributed by atoms with Gasteiger partial charge in [-0.1, -0.05) is 13.3 Å². The number of nitrogens with two attached hydrogens (primary N) is 1. The Balaban J connectivity index is 2.14. The minimum absolute atomic E-state index is 0.167. The van der Waals surface area contributed by atoms with Gasteiger partial charge in [-0.3, -0.25) is 14.8 Å². The molecule has 3 N–H and O–H groups in total. The predicted molar refractivity (Wildman–Crippen MR) is 71.1 cm³/mol. The van der Waals surface area contributed by atoms with Crippen LogP contribution in [0, 0.1) is 0 Å². The second-order valence-corrected chi connectivity index (χ2v) is 4.14. The third-order valence-corrected chi connectivity index (χ3v) is 2.67. The lowest BCUT2D eigenvalue weighted by molar-refractivity contribution is -0.117. The number of carbonyl (C=O) groups excluding carboxylic acids is 1. The van der Waals surface area contributed by atoms with Crippen LogP contribution in [-0.2, 0) is 4.79 Å². The fourth-order valence-electron chi connectivity index (χ4n) is 1.72. The first-order valence-electron chi connectivity index (χ1n) is 5.98. The predicted octanol–water partition coefficient (Wildman–Crippen LogP) is 1.70. The summed E-state index contributed by atoms with van der Waals surface area (Å²) in [7, 11) is 0. The van der Waals surface area contributed by atoms with E-state index in [-0.39, 0.29) is 5.91 Å². The van der Waals surface area contributed by atoms with E-state index in [9.17, 15) is 4.79 Å². The Morgan fingerprint density at radius 3 is 2.78 bits per heavy atom. The van der Waals surface area contributed by atoms with E-state index in [0.29, 0.717) is 12.1 Å². The van der Waals surface area contributed by atoms with Crippen molar-refractivity contribution in [2.45, 2.75) is 25.8 Å². The summed E-state index contributed by atoms with van der Waals surface area (Å²) in [5.41, 5.74) is 7.99. The molecule has 0 saturated heterocycles. The minimum atomic E-state index is -0.465. The fraction of sp³-hybridized carbons (Fsp3) is 0.308. The van der Waals surface area contributed by atoms with Gasteiger partial charge in [-0.05, 0) is 24.6 Å². The number of hydrogen-bond acceptors (Lipinski definition) is 4. The number of hydrogen-bond donors (Lipinski definition) is 2. The van der Waals surface area contributed by atoms with Crippen LogP contribution in [0.1, 0.15) is 19.8 Å². The van der Waals surface area contributed by atoms with Crippen molar-refractivity contribution < 1.29 is 4.79 Å². The maximum Gasteiger partial charge on any atom is 0.241 e. The number of fused-ring (bicyclic) bond motifs is 1. The maximum atomic E-state index is 11.8. The first-order valence-corrected chi connectivity index (χ1v) is 5.98. The highest BCUT2D eigenvalue weighted by Crippen LogP contribution is 2.15. The van der Waals surface area contributed by atoms with Crippen molar-refractivity contribution in [3.63, 3.8) is 0 Å². The van der Waals surface area contributed by atoms with Crippen LogP contribution in [0.5, 0.6) is 0 Å². The molecule has 0 fully saturated rings. The van der Waals surface area contributed by atoms with E-state index in [2.05, 4.69) is 15.3 Å². The standard InChI is InChI=1S/C13H16N4O/c1-2-3-10(14)13(18)17-9-4-5-11-12(8-9)16-7-6-15-11/h4-8,10H,2-3,14H2,1H3,(H,17,18)/t10-/m0/s1. The van der Waals surface area contributed by atoms with Gasteiger partial charge in [0, 0.05) is 18.1 Å². The average Bonchev–Trinajstić information content (AvgIpc) is 2.39. The highest BCUT2D eigenvalue weighted by molar-refractivity contribution is 5.96. The highest BCUT2D eigenvalue weighted by Gasteiger charge is 2.12. The Labute approximate surface area is 105 Å². The van der Waals surface area contributed by atoms with E-state index < -0.39 is 6.04 Å². The van der Waals surface area contributed by atoms with Crippen molar-refractivity contribution in [1.29, 1.82) is 0 Å². The maximum absolute atomic E-state index is 11.8. The molecule has 0 unspecified atom stereocenters. The second kappa shape index (κ2) is 5.55. The van der Waals surface area contributed by atoms with Crippen LogP contribution in [0.15, 0.2) is 30.6 Å². The smallest absolute Gasteiger partial charge is 0.241 e. The molecule has 2 rings (SSSR count). The van der Waals surface area contributed by atoms with Crippen molar-refractivity contribution in [1.82, 2.24) is 9.97 Å². The molecule has 5 heteroatoms. The fourth-order valence-corrected chi connectivity index (χ4v) is 1.72. The van der Waals surface area contributed by atoms with Crippen molar-refractivity contribution >= 4 is 22.6 Å². The van der Waals surface area contributed by atoms with E-state index in [1.165, 1.54) is 0 Å². The summed E-state index contributed by atoms with van der Waals surface area (Å²) in [6.07, 6.45) is 4.82. The quantitative estimate of drug-likeness (QED) is 0.857. The van der Waals surface area contributed by atoms with Crippen molar-refractivity contribution in [2.75, 3.05) is 5.32 Å². The van der Waals surface area contributed by atoms with Crippen LogP contribution in [0.2, 0.25) is 0 Å². The lowest BCUT2D eigenvalue weighted by atomic mass is 10.1. The third kappa shape index (κ3) is 2.81. The van der Waals surface area contributed by atoms with Gasteiger partial charge in [0.2, 0.25) is 5.91 Å². The Morgan fingerprint density at radius 1 is 1.33 bits per heavy atom. The number of amides is 1. The molecular weight excluding hydrogens is 228 g/mol.